The van der Waals surface area contributed by atoms with E-state index < -0.39 is 11.2 Å². The summed E-state index contributed by atoms with van der Waals surface area (Å²) >= 11 is 0. The van der Waals surface area contributed by atoms with E-state index in [1.807, 2.05) is 24.3 Å². The van der Waals surface area contributed by atoms with Crippen LogP contribution in [0.3, 0.4) is 0 Å². The van der Waals surface area contributed by atoms with Crippen LogP contribution in [0.2, 0.25) is 0 Å². The average Bonchev–Trinajstić information content (AvgIpc) is 3.52. The highest BCUT2D eigenvalue weighted by Crippen LogP contribution is 2.27. The minimum Gasteiger partial charge on any atom is -0.423 e. The van der Waals surface area contributed by atoms with Crippen LogP contribution in [-0.4, -0.2) is 48.7 Å². The number of fused-ring (bicyclic) bond motifs is 2. The lowest BCUT2D eigenvalue weighted by Gasteiger charge is -2.23. The SMILES string of the molecule is Cn1c(=O)c2c(ncn2CC(=O)NC[C@@H]2CCCN2c2nc3ccccc3o2)n(C)c1=O. The monoisotopic (exact) mass is 437 g/mol. The van der Waals surface area contributed by atoms with Crippen molar-refractivity contribution >= 4 is 34.2 Å². The van der Waals surface area contributed by atoms with E-state index in [1.54, 1.807) is 7.05 Å². The van der Waals surface area contributed by atoms with E-state index in [0.717, 1.165) is 35.1 Å². The first-order chi connectivity index (χ1) is 15.4. The molecule has 4 heterocycles. The normalized spacial score (nSPS) is 16.3. The van der Waals surface area contributed by atoms with Gasteiger partial charge in [-0.05, 0) is 25.0 Å². The molecule has 32 heavy (non-hydrogen) atoms. The molecule has 0 aliphatic carbocycles. The number of carbonyl (C=O) groups is 1. The molecular weight excluding hydrogens is 414 g/mol. The van der Waals surface area contributed by atoms with E-state index in [0.29, 0.717) is 12.6 Å². The zero-order valence-corrected chi connectivity index (χ0v) is 17.8. The summed E-state index contributed by atoms with van der Waals surface area (Å²) in [5.74, 6) is -0.246. The number of imidazole rings is 1. The number of carbonyl (C=O) groups excluding carboxylic acids is 1. The summed E-state index contributed by atoms with van der Waals surface area (Å²) in [6.07, 6.45) is 3.30. The molecule has 11 nitrogen and oxygen atoms in total. The maximum atomic E-state index is 12.6. The van der Waals surface area contributed by atoms with Crippen molar-refractivity contribution in [1.82, 2.24) is 29.0 Å². The molecule has 1 fully saturated rings. The van der Waals surface area contributed by atoms with Crippen molar-refractivity contribution in [2.45, 2.75) is 25.4 Å². The van der Waals surface area contributed by atoms with Crippen molar-refractivity contribution in [2.24, 2.45) is 14.1 Å². The van der Waals surface area contributed by atoms with Gasteiger partial charge in [-0.2, -0.15) is 4.98 Å². The molecule has 1 aliphatic rings. The first kappa shape index (κ1) is 20.0. The summed E-state index contributed by atoms with van der Waals surface area (Å²) < 4.78 is 9.67. The van der Waals surface area contributed by atoms with E-state index >= 15 is 0 Å². The van der Waals surface area contributed by atoms with E-state index in [1.165, 1.54) is 22.5 Å². The second kappa shape index (κ2) is 7.66. The van der Waals surface area contributed by atoms with Gasteiger partial charge < -0.3 is 19.2 Å². The van der Waals surface area contributed by atoms with Crippen molar-refractivity contribution in [1.29, 1.82) is 0 Å². The molecule has 0 radical (unpaired) electrons. The predicted molar refractivity (Wildman–Crippen MR) is 118 cm³/mol. The number of oxazole rings is 1. The summed E-state index contributed by atoms with van der Waals surface area (Å²) in [6.45, 7) is 1.17. The van der Waals surface area contributed by atoms with Gasteiger partial charge in [-0.1, -0.05) is 12.1 Å². The molecular formula is C21H23N7O4. The third kappa shape index (κ3) is 3.26. The molecule has 0 spiro atoms. The van der Waals surface area contributed by atoms with Crippen molar-refractivity contribution in [3.63, 3.8) is 0 Å². The molecule has 0 bridgehead atoms. The van der Waals surface area contributed by atoms with Crippen LogP contribution in [0.5, 0.6) is 0 Å². The fraction of sp³-hybridized carbons (Fsp3) is 0.381. The topological polar surface area (TPSA) is 120 Å². The Balaban J connectivity index is 1.30. The molecule has 11 heteroatoms. The number of amides is 1. The van der Waals surface area contributed by atoms with E-state index in [-0.39, 0.29) is 29.7 Å². The van der Waals surface area contributed by atoms with Gasteiger partial charge in [0.15, 0.2) is 16.7 Å². The van der Waals surface area contributed by atoms with Gasteiger partial charge in [0.25, 0.3) is 11.6 Å². The summed E-state index contributed by atoms with van der Waals surface area (Å²) in [5, 5.41) is 2.95. The Labute approximate surface area is 181 Å². The van der Waals surface area contributed by atoms with E-state index in [9.17, 15) is 14.4 Å². The van der Waals surface area contributed by atoms with Crippen molar-refractivity contribution in [3.05, 3.63) is 51.4 Å². The lowest BCUT2D eigenvalue weighted by molar-refractivity contribution is -0.121. The van der Waals surface area contributed by atoms with Gasteiger partial charge in [0, 0.05) is 27.2 Å². The summed E-state index contributed by atoms with van der Waals surface area (Å²) in [4.78, 5) is 48.1. The van der Waals surface area contributed by atoms with Gasteiger partial charge in [-0.15, -0.1) is 0 Å². The van der Waals surface area contributed by atoms with Crippen LogP contribution in [0.25, 0.3) is 22.3 Å². The summed E-state index contributed by atoms with van der Waals surface area (Å²) in [5.41, 5.74) is 1.08. The van der Waals surface area contributed by atoms with Crippen molar-refractivity contribution in [2.75, 3.05) is 18.0 Å². The lowest BCUT2D eigenvalue weighted by Crippen LogP contribution is -2.41. The molecule has 1 amide bonds. The van der Waals surface area contributed by atoms with Gasteiger partial charge in [0.2, 0.25) is 5.91 Å². The van der Waals surface area contributed by atoms with Gasteiger partial charge in [-0.3, -0.25) is 18.7 Å². The highest BCUT2D eigenvalue weighted by atomic mass is 16.4. The van der Waals surface area contributed by atoms with E-state index in [4.69, 9.17) is 4.42 Å². The Morgan fingerprint density at radius 3 is 2.84 bits per heavy atom. The molecule has 5 rings (SSSR count). The second-order valence-electron chi connectivity index (χ2n) is 8.01. The summed E-state index contributed by atoms with van der Waals surface area (Å²) in [6, 6.07) is 8.25. The smallest absolute Gasteiger partial charge is 0.332 e. The lowest BCUT2D eigenvalue weighted by atomic mass is 10.2. The minimum atomic E-state index is -0.480. The third-order valence-electron chi connectivity index (χ3n) is 5.97. The molecule has 4 aromatic rings. The second-order valence-corrected chi connectivity index (χ2v) is 8.01. The number of aryl methyl sites for hydroxylation is 1. The van der Waals surface area contributed by atoms with Crippen LogP contribution in [-0.2, 0) is 25.4 Å². The number of anilines is 1. The third-order valence-corrected chi connectivity index (χ3v) is 5.97. The first-order valence-electron chi connectivity index (χ1n) is 10.4. The molecule has 1 aromatic carbocycles. The maximum Gasteiger partial charge on any atom is 0.332 e. The number of rotatable bonds is 5. The molecule has 1 atom stereocenters. The quantitative estimate of drug-likeness (QED) is 0.479. The number of para-hydroxylation sites is 2. The minimum absolute atomic E-state index is 0.0697. The molecule has 0 unspecified atom stereocenters. The first-order valence-corrected chi connectivity index (χ1v) is 10.4. The fourth-order valence-corrected chi connectivity index (χ4v) is 4.24. The molecule has 1 aliphatic heterocycles. The average molecular weight is 437 g/mol. The van der Waals surface area contributed by atoms with Gasteiger partial charge in [0.1, 0.15) is 12.1 Å². The molecule has 3 aromatic heterocycles. The van der Waals surface area contributed by atoms with Crippen LogP contribution in [0.15, 0.2) is 44.6 Å². The van der Waals surface area contributed by atoms with E-state index in [2.05, 4.69) is 20.2 Å². The van der Waals surface area contributed by atoms with Crippen molar-refractivity contribution < 1.29 is 9.21 Å². The Bertz CT molecular complexity index is 1410. The largest absolute Gasteiger partial charge is 0.423 e. The number of aromatic nitrogens is 5. The maximum absolute atomic E-state index is 12.6. The Kier molecular flexibility index (Phi) is 4.80. The zero-order chi connectivity index (χ0) is 22.4. The Morgan fingerprint density at radius 1 is 1.22 bits per heavy atom. The standard InChI is InChI=1S/C21H23N7O4/c1-25-18-17(19(30)26(2)21(25)31)27(12-23-18)11-16(29)22-10-13-6-5-9-28(13)20-24-14-7-3-4-8-15(14)32-20/h3-4,7-8,12-13H,5-6,9-11H2,1-2H3,(H,22,29)/t13-/m0/s1. The van der Waals surface area contributed by atoms with Crippen LogP contribution in [0.1, 0.15) is 12.8 Å². The van der Waals surface area contributed by atoms with Gasteiger partial charge in [-0.25, -0.2) is 9.78 Å². The number of benzene rings is 1. The molecule has 0 saturated carbocycles. The fourth-order valence-electron chi connectivity index (χ4n) is 4.24. The van der Waals surface area contributed by atoms with Gasteiger partial charge >= 0.3 is 5.69 Å². The highest BCUT2D eigenvalue weighted by molar-refractivity contribution is 5.79. The van der Waals surface area contributed by atoms with Crippen LogP contribution in [0.4, 0.5) is 6.01 Å². The highest BCUT2D eigenvalue weighted by Gasteiger charge is 2.28. The zero-order valence-electron chi connectivity index (χ0n) is 17.8. The number of nitrogens with one attached hydrogen (secondary N) is 1. The predicted octanol–water partition coefficient (Wildman–Crippen LogP) is 0.360. The van der Waals surface area contributed by atoms with Crippen LogP contribution >= 0.6 is 0 Å². The van der Waals surface area contributed by atoms with Crippen LogP contribution in [0, 0.1) is 0 Å². The molecule has 1 N–H and O–H groups in total. The Hall–Kier alpha value is -3.89. The van der Waals surface area contributed by atoms with Gasteiger partial charge in [0.05, 0.1) is 12.4 Å². The summed E-state index contributed by atoms with van der Waals surface area (Å²) in [7, 11) is 2.95. The molecule has 166 valence electrons. The number of nitrogens with zero attached hydrogens (tertiary/aromatic N) is 6. The van der Waals surface area contributed by atoms with Crippen molar-refractivity contribution in [3.8, 4) is 0 Å². The Morgan fingerprint density at radius 2 is 2.03 bits per heavy atom. The number of hydrogen-bond acceptors (Lipinski definition) is 7. The van der Waals surface area contributed by atoms with Crippen LogP contribution < -0.4 is 21.5 Å². The molecule has 1 saturated heterocycles. The number of hydrogen-bond donors (Lipinski definition) is 1.